The minimum absolute atomic E-state index is 0.0504. The number of benzene rings is 2. The van der Waals surface area contributed by atoms with Gasteiger partial charge in [-0.15, -0.1) is 0 Å². The fourth-order valence-electron chi connectivity index (χ4n) is 1.84. The minimum Gasteiger partial charge on any atom is -0.456 e. The molecule has 1 N–H and O–H groups in total. The summed E-state index contributed by atoms with van der Waals surface area (Å²) >= 11 is 3.18. The third-order valence-corrected chi connectivity index (χ3v) is 3.82. The lowest BCUT2D eigenvalue weighted by molar-refractivity contribution is -0.385. The maximum atomic E-state index is 10.9. The number of aliphatic hydroxyl groups excluding tert-OH is 1. The van der Waals surface area contributed by atoms with E-state index < -0.39 is 11.0 Å². The molecule has 0 radical (unpaired) electrons. The van der Waals surface area contributed by atoms with Crippen LogP contribution in [0.25, 0.3) is 0 Å². The molecule has 0 fully saturated rings. The first-order valence-corrected chi connectivity index (χ1v) is 7.21. The molecular weight excluding hydrogens is 338 g/mol. The summed E-state index contributed by atoms with van der Waals surface area (Å²) in [5, 5.41) is 20.6. The van der Waals surface area contributed by atoms with Crippen LogP contribution in [-0.4, -0.2) is 10.0 Å². The number of halogens is 1. The Morgan fingerprint density at radius 3 is 2.52 bits per heavy atom. The van der Waals surface area contributed by atoms with Crippen LogP contribution < -0.4 is 4.74 Å². The van der Waals surface area contributed by atoms with Gasteiger partial charge in [-0.25, -0.2) is 0 Å². The molecule has 1 unspecified atom stereocenters. The molecule has 0 saturated carbocycles. The molecule has 0 aliphatic heterocycles. The van der Waals surface area contributed by atoms with Crippen LogP contribution in [0.4, 0.5) is 5.69 Å². The van der Waals surface area contributed by atoms with Gasteiger partial charge in [0.2, 0.25) is 0 Å². The van der Waals surface area contributed by atoms with Gasteiger partial charge in [0.05, 0.1) is 11.0 Å². The van der Waals surface area contributed by atoms with Gasteiger partial charge >= 0.3 is 0 Å². The molecule has 2 rings (SSSR count). The van der Waals surface area contributed by atoms with Crippen LogP contribution in [0.15, 0.2) is 46.9 Å². The van der Waals surface area contributed by atoms with Crippen LogP contribution in [0.2, 0.25) is 0 Å². The van der Waals surface area contributed by atoms with Gasteiger partial charge in [0, 0.05) is 6.07 Å². The third-order valence-electron chi connectivity index (χ3n) is 3.02. The van der Waals surface area contributed by atoms with E-state index in [1.165, 1.54) is 6.07 Å². The first kappa shape index (κ1) is 15.5. The van der Waals surface area contributed by atoms with E-state index in [0.717, 1.165) is 5.56 Å². The Morgan fingerprint density at radius 2 is 1.95 bits per heavy atom. The molecule has 1 atom stereocenters. The van der Waals surface area contributed by atoms with Crippen molar-refractivity contribution in [2.24, 2.45) is 0 Å². The molecule has 0 aliphatic carbocycles. The lowest BCUT2D eigenvalue weighted by Gasteiger charge is -2.11. The molecule has 0 amide bonds. The van der Waals surface area contributed by atoms with E-state index in [1.807, 2.05) is 6.92 Å². The van der Waals surface area contributed by atoms with E-state index in [0.29, 0.717) is 22.4 Å². The SMILES string of the molecule is CCC(O)c1ccc(Oc2cccc([N+](=O)[O-])c2Br)cc1. The van der Waals surface area contributed by atoms with Crippen molar-refractivity contribution in [3.63, 3.8) is 0 Å². The van der Waals surface area contributed by atoms with E-state index in [9.17, 15) is 15.2 Å². The molecule has 2 aromatic rings. The van der Waals surface area contributed by atoms with E-state index in [1.54, 1.807) is 36.4 Å². The van der Waals surface area contributed by atoms with Crippen molar-refractivity contribution in [2.45, 2.75) is 19.4 Å². The number of nitro benzene ring substituents is 1. The molecule has 0 saturated heterocycles. The number of hydrogen-bond acceptors (Lipinski definition) is 4. The fourth-order valence-corrected chi connectivity index (χ4v) is 2.33. The lowest BCUT2D eigenvalue weighted by atomic mass is 10.1. The molecule has 6 heteroatoms. The van der Waals surface area contributed by atoms with Gasteiger partial charge in [0.25, 0.3) is 5.69 Å². The quantitative estimate of drug-likeness (QED) is 0.631. The average Bonchev–Trinajstić information content (AvgIpc) is 2.49. The van der Waals surface area contributed by atoms with Gasteiger partial charge in [-0.05, 0) is 46.1 Å². The summed E-state index contributed by atoms with van der Waals surface area (Å²) in [6.07, 6.45) is 0.139. The summed E-state index contributed by atoms with van der Waals surface area (Å²) in [4.78, 5) is 10.4. The number of hydrogen-bond donors (Lipinski definition) is 1. The molecule has 21 heavy (non-hydrogen) atoms. The van der Waals surface area contributed by atoms with Crippen molar-refractivity contribution < 1.29 is 14.8 Å². The predicted octanol–water partition coefficient (Wildman–Crippen LogP) is 4.59. The molecule has 5 nitrogen and oxygen atoms in total. The molecule has 0 aromatic heterocycles. The summed E-state index contributed by atoms with van der Waals surface area (Å²) in [5.74, 6) is 0.913. The highest BCUT2D eigenvalue weighted by Gasteiger charge is 2.16. The van der Waals surface area contributed by atoms with Gasteiger partial charge in [-0.2, -0.15) is 0 Å². The number of rotatable bonds is 5. The van der Waals surface area contributed by atoms with Crippen molar-refractivity contribution in [2.75, 3.05) is 0 Å². The predicted molar refractivity (Wildman–Crippen MR) is 82.6 cm³/mol. The first-order valence-electron chi connectivity index (χ1n) is 6.41. The fraction of sp³-hybridized carbons (Fsp3) is 0.200. The van der Waals surface area contributed by atoms with Gasteiger partial charge in [0.1, 0.15) is 16.0 Å². The summed E-state index contributed by atoms with van der Waals surface area (Å²) in [6.45, 7) is 1.90. The number of ether oxygens (including phenoxy) is 1. The Morgan fingerprint density at radius 1 is 1.29 bits per heavy atom. The van der Waals surface area contributed by atoms with Gasteiger partial charge in [-0.3, -0.25) is 10.1 Å². The largest absolute Gasteiger partial charge is 0.456 e. The lowest BCUT2D eigenvalue weighted by Crippen LogP contribution is -1.95. The molecule has 110 valence electrons. The van der Waals surface area contributed by atoms with Crippen LogP contribution in [-0.2, 0) is 0 Å². The Labute approximate surface area is 130 Å². The first-order chi connectivity index (χ1) is 10.0. The van der Waals surface area contributed by atoms with Crippen LogP contribution in [0.5, 0.6) is 11.5 Å². The van der Waals surface area contributed by atoms with Crippen LogP contribution in [0.3, 0.4) is 0 Å². The van der Waals surface area contributed by atoms with Crippen LogP contribution >= 0.6 is 15.9 Å². The smallest absolute Gasteiger partial charge is 0.287 e. The number of aliphatic hydroxyl groups is 1. The maximum Gasteiger partial charge on any atom is 0.287 e. The summed E-state index contributed by atoms with van der Waals surface area (Å²) in [5.41, 5.74) is 0.758. The van der Waals surface area contributed by atoms with Gasteiger partial charge in [-0.1, -0.05) is 25.1 Å². The van der Waals surface area contributed by atoms with Crippen LogP contribution in [0, 0.1) is 10.1 Å². The highest BCUT2D eigenvalue weighted by Crippen LogP contribution is 2.36. The van der Waals surface area contributed by atoms with E-state index in [-0.39, 0.29) is 5.69 Å². The Hall–Kier alpha value is -1.92. The molecule has 0 heterocycles. The number of nitrogens with zero attached hydrogens (tertiary/aromatic N) is 1. The highest BCUT2D eigenvalue weighted by atomic mass is 79.9. The second-order valence-corrected chi connectivity index (χ2v) is 5.23. The summed E-state index contributed by atoms with van der Waals surface area (Å²) in [6, 6.07) is 11.6. The zero-order chi connectivity index (χ0) is 15.4. The third kappa shape index (κ3) is 3.59. The van der Waals surface area contributed by atoms with Crippen molar-refractivity contribution in [1.29, 1.82) is 0 Å². The highest BCUT2D eigenvalue weighted by molar-refractivity contribution is 9.10. The second-order valence-electron chi connectivity index (χ2n) is 4.44. The standard InChI is InChI=1S/C15H14BrNO4/c1-2-13(18)10-6-8-11(9-7-10)21-14-5-3-4-12(15(14)16)17(19)20/h3-9,13,18H,2H2,1H3. The van der Waals surface area contributed by atoms with E-state index in [4.69, 9.17) is 4.74 Å². The van der Waals surface area contributed by atoms with Crippen molar-refractivity contribution >= 4 is 21.6 Å². The molecule has 0 aliphatic rings. The molecular formula is C15H14BrNO4. The zero-order valence-electron chi connectivity index (χ0n) is 11.3. The Kier molecular flexibility index (Phi) is 4.93. The average molecular weight is 352 g/mol. The minimum atomic E-state index is -0.497. The molecule has 2 aromatic carbocycles. The van der Waals surface area contributed by atoms with Crippen molar-refractivity contribution in [3.8, 4) is 11.5 Å². The molecule has 0 spiro atoms. The van der Waals surface area contributed by atoms with Gasteiger partial charge in [0.15, 0.2) is 0 Å². The van der Waals surface area contributed by atoms with Crippen molar-refractivity contribution in [3.05, 3.63) is 62.6 Å². The zero-order valence-corrected chi connectivity index (χ0v) is 12.9. The van der Waals surface area contributed by atoms with Gasteiger partial charge < -0.3 is 9.84 Å². The monoisotopic (exact) mass is 351 g/mol. The van der Waals surface area contributed by atoms with E-state index >= 15 is 0 Å². The maximum absolute atomic E-state index is 10.9. The second kappa shape index (κ2) is 6.69. The summed E-state index contributed by atoms with van der Waals surface area (Å²) < 4.78 is 5.93. The van der Waals surface area contributed by atoms with E-state index in [2.05, 4.69) is 15.9 Å². The normalized spacial score (nSPS) is 12.0. The number of nitro groups is 1. The topological polar surface area (TPSA) is 72.6 Å². The Balaban J connectivity index is 2.22. The van der Waals surface area contributed by atoms with Crippen molar-refractivity contribution in [1.82, 2.24) is 0 Å². The summed E-state index contributed by atoms with van der Waals surface area (Å²) in [7, 11) is 0. The Bertz CT molecular complexity index is 643. The molecule has 0 bridgehead atoms. The van der Waals surface area contributed by atoms with Crippen LogP contribution in [0.1, 0.15) is 25.0 Å².